The quantitative estimate of drug-likeness (QED) is 0.795. The van der Waals surface area contributed by atoms with Crippen LogP contribution in [0, 0.1) is 13.8 Å². The molecule has 0 aliphatic rings. The SMILES string of the molecule is CCCCCC(CC)c1c(C)nc2c(C(N)=O)ncn2c1C. The van der Waals surface area contributed by atoms with E-state index in [9.17, 15) is 4.79 Å². The average Bonchev–Trinajstić information content (AvgIpc) is 2.89. The first kappa shape index (κ1) is 16.5. The molecule has 1 unspecified atom stereocenters. The van der Waals surface area contributed by atoms with Crippen molar-refractivity contribution in [1.82, 2.24) is 14.4 Å². The largest absolute Gasteiger partial charge is 0.364 e. The summed E-state index contributed by atoms with van der Waals surface area (Å²) in [7, 11) is 0. The Balaban J connectivity index is 2.48. The van der Waals surface area contributed by atoms with E-state index < -0.39 is 5.91 Å². The third-order valence-electron chi connectivity index (χ3n) is 4.45. The number of carbonyl (C=O) groups is 1. The number of primary amides is 1. The first-order chi connectivity index (χ1) is 10.5. The summed E-state index contributed by atoms with van der Waals surface area (Å²) in [5.41, 5.74) is 9.58. The molecule has 5 heteroatoms. The number of nitrogens with zero attached hydrogens (tertiary/aromatic N) is 3. The molecule has 2 aromatic heterocycles. The fraction of sp³-hybridized carbons (Fsp3) is 0.588. The molecule has 0 aliphatic heterocycles. The standard InChI is InChI=1S/C17H26N4O/c1-5-7-8-9-13(6-2)14-11(3)20-17-15(16(18)22)19-10-21(17)12(14)4/h10,13H,5-9H2,1-4H3,(H2,18,22). The van der Waals surface area contributed by atoms with Gasteiger partial charge in [0.2, 0.25) is 0 Å². The molecule has 0 radical (unpaired) electrons. The van der Waals surface area contributed by atoms with Gasteiger partial charge in [0.1, 0.15) is 6.33 Å². The predicted octanol–water partition coefficient (Wildman–Crippen LogP) is 3.52. The lowest BCUT2D eigenvalue weighted by Crippen LogP contribution is -2.14. The minimum Gasteiger partial charge on any atom is -0.364 e. The lowest BCUT2D eigenvalue weighted by Gasteiger charge is -2.20. The third-order valence-corrected chi connectivity index (χ3v) is 4.45. The van der Waals surface area contributed by atoms with Gasteiger partial charge in [0.25, 0.3) is 5.91 Å². The van der Waals surface area contributed by atoms with Crippen LogP contribution in [0.2, 0.25) is 0 Å². The second-order valence-electron chi connectivity index (χ2n) is 5.95. The number of nitrogens with two attached hydrogens (primary N) is 1. The van der Waals surface area contributed by atoms with Crippen LogP contribution in [0.3, 0.4) is 0 Å². The van der Waals surface area contributed by atoms with E-state index in [-0.39, 0.29) is 5.69 Å². The number of carbonyl (C=O) groups excluding carboxylic acids is 1. The Bertz CT molecular complexity index is 675. The van der Waals surface area contributed by atoms with Gasteiger partial charge in [-0.3, -0.25) is 9.20 Å². The monoisotopic (exact) mass is 302 g/mol. The zero-order valence-corrected chi connectivity index (χ0v) is 14.0. The Labute approximate surface area is 132 Å². The Hall–Kier alpha value is -1.91. The number of fused-ring (bicyclic) bond motifs is 1. The smallest absolute Gasteiger partial charge is 0.271 e. The molecular weight excluding hydrogens is 276 g/mol. The second kappa shape index (κ2) is 6.90. The summed E-state index contributed by atoms with van der Waals surface area (Å²) < 4.78 is 1.89. The van der Waals surface area contributed by atoms with Gasteiger partial charge >= 0.3 is 0 Å². The maximum absolute atomic E-state index is 11.5. The Morgan fingerprint density at radius 3 is 2.64 bits per heavy atom. The molecule has 22 heavy (non-hydrogen) atoms. The number of imidazole rings is 1. The van der Waals surface area contributed by atoms with E-state index in [2.05, 4.69) is 30.7 Å². The molecule has 0 saturated carbocycles. The van der Waals surface area contributed by atoms with Gasteiger partial charge < -0.3 is 5.73 Å². The van der Waals surface area contributed by atoms with E-state index in [4.69, 9.17) is 5.73 Å². The molecule has 120 valence electrons. The normalized spacial score (nSPS) is 12.7. The highest BCUT2D eigenvalue weighted by molar-refractivity contribution is 5.96. The highest BCUT2D eigenvalue weighted by Gasteiger charge is 2.20. The molecule has 2 N–H and O–H groups in total. The highest BCUT2D eigenvalue weighted by Crippen LogP contribution is 2.31. The van der Waals surface area contributed by atoms with Crippen LogP contribution in [0.1, 0.15) is 79.3 Å². The van der Waals surface area contributed by atoms with Crippen molar-refractivity contribution in [3.63, 3.8) is 0 Å². The lowest BCUT2D eigenvalue weighted by atomic mass is 9.89. The number of unbranched alkanes of at least 4 members (excludes halogenated alkanes) is 2. The molecule has 1 atom stereocenters. The first-order valence-electron chi connectivity index (χ1n) is 8.15. The van der Waals surface area contributed by atoms with Crippen LogP contribution in [0.15, 0.2) is 6.33 Å². The predicted molar refractivity (Wildman–Crippen MR) is 88.2 cm³/mol. The molecular formula is C17H26N4O. The molecule has 5 nitrogen and oxygen atoms in total. The summed E-state index contributed by atoms with van der Waals surface area (Å²) >= 11 is 0. The van der Waals surface area contributed by atoms with Crippen LogP contribution in [0.5, 0.6) is 0 Å². The highest BCUT2D eigenvalue weighted by atomic mass is 16.1. The fourth-order valence-electron chi connectivity index (χ4n) is 3.26. The average molecular weight is 302 g/mol. The van der Waals surface area contributed by atoms with Gasteiger partial charge in [-0.2, -0.15) is 0 Å². The maximum Gasteiger partial charge on any atom is 0.271 e. The summed E-state index contributed by atoms with van der Waals surface area (Å²) in [6.07, 6.45) is 7.66. The summed E-state index contributed by atoms with van der Waals surface area (Å²) in [6, 6.07) is 0. The van der Waals surface area contributed by atoms with Gasteiger partial charge in [-0.05, 0) is 38.2 Å². The first-order valence-corrected chi connectivity index (χ1v) is 8.15. The summed E-state index contributed by atoms with van der Waals surface area (Å²) in [5.74, 6) is -0.0283. The second-order valence-corrected chi connectivity index (χ2v) is 5.95. The van der Waals surface area contributed by atoms with E-state index in [1.54, 1.807) is 6.33 Å². The van der Waals surface area contributed by atoms with Gasteiger partial charge in [0, 0.05) is 11.4 Å². The van der Waals surface area contributed by atoms with E-state index in [0.29, 0.717) is 11.6 Å². The molecule has 2 heterocycles. The molecule has 0 aromatic carbocycles. The topological polar surface area (TPSA) is 73.3 Å². The fourth-order valence-corrected chi connectivity index (χ4v) is 3.26. The zero-order chi connectivity index (χ0) is 16.3. The van der Waals surface area contributed by atoms with Crippen LogP contribution >= 0.6 is 0 Å². The van der Waals surface area contributed by atoms with E-state index >= 15 is 0 Å². The van der Waals surface area contributed by atoms with Gasteiger partial charge in [-0.15, -0.1) is 0 Å². The Morgan fingerprint density at radius 1 is 1.32 bits per heavy atom. The van der Waals surface area contributed by atoms with Crippen molar-refractivity contribution in [3.8, 4) is 0 Å². The zero-order valence-electron chi connectivity index (χ0n) is 14.0. The molecule has 0 saturated heterocycles. The van der Waals surface area contributed by atoms with Crippen LogP contribution in [0.25, 0.3) is 5.65 Å². The summed E-state index contributed by atoms with van der Waals surface area (Å²) in [5, 5.41) is 0. The molecule has 1 amide bonds. The Morgan fingerprint density at radius 2 is 2.05 bits per heavy atom. The number of rotatable bonds is 7. The van der Waals surface area contributed by atoms with Crippen molar-refractivity contribution in [2.75, 3.05) is 0 Å². The molecule has 0 bridgehead atoms. The van der Waals surface area contributed by atoms with E-state index in [0.717, 1.165) is 17.8 Å². The third kappa shape index (κ3) is 2.98. The van der Waals surface area contributed by atoms with E-state index in [1.165, 1.54) is 31.2 Å². The van der Waals surface area contributed by atoms with Gasteiger partial charge in [-0.25, -0.2) is 9.97 Å². The number of amides is 1. The van der Waals surface area contributed by atoms with Crippen molar-refractivity contribution < 1.29 is 4.79 Å². The van der Waals surface area contributed by atoms with E-state index in [1.807, 2.05) is 11.3 Å². The van der Waals surface area contributed by atoms with Crippen molar-refractivity contribution in [3.05, 3.63) is 29.0 Å². The van der Waals surface area contributed by atoms with Crippen LogP contribution < -0.4 is 5.73 Å². The molecule has 0 aliphatic carbocycles. The van der Waals surface area contributed by atoms with Crippen LogP contribution in [-0.4, -0.2) is 20.3 Å². The van der Waals surface area contributed by atoms with Crippen molar-refractivity contribution >= 4 is 11.6 Å². The Kier molecular flexibility index (Phi) is 5.16. The lowest BCUT2D eigenvalue weighted by molar-refractivity contribution is 0.0997. The number of aromatic nitrogens is 3. The molecule has 2 rings (SSSR count). The van der Waals surface area contributed by atoms with Gasteiger partial charge in [0.05, 0.1) is 0 Å². The maximum atomic E-state index is 11.5. The molecule has 0 spiro atoms. The van der Waals surface area contributed by atoms with Crippen LogP contribution in [-0.2, 0) is 0 Å². The minimum absolute atomic E-state index is 0.247. The van der Waals surface area contributed by atoms with Crippen molar-refractivity contribution in [2.45, 2.75) is 65.7 Å². The summed E-state index contributed by atoms with van der Waals surface area (Å²) in [4.78, 5) is 20.2. The number of hydrogen-bond donors (Lipinski definition) is 1. The van der Waals surface area contributed by atoms with Crippen molar-refractivity contribution in [1.29, 1.82) is 0 Å². The van der Waals surface area contributed by atoms with Gasteiger partial charge in [-0.1, -0.05) is 33.1 Å². The summed E-state index contributed by atoms with van der Waals surface area (Å²) in [6.45, 7) is 8.54. The van der Waals surface area contributed by atoms with Crippen molar-refractivity contribution in [2.24, 2.45) is 5.73 Å². The molecule has 0 fully saturated rings. The number of hydrogen-bond acceptors (Lipinski definition) is 3. The minimum atomic E-state index is -0.531. The number of aryl methyl sites for hydroxylation is 2. The molecule has 2 aromatic rings. The van der Waals surface area contributed by atoms with Gasteiger partial charge in [0.15, 0.2) is 11.3 Å². The van der Waals surface area contributed by atoms with Crippen LogP contribution in [0.4, 0.5) is 0 Å².